The summed E-state index contributed by atoms with van der Waals surface area (Å²) < 4.78 is 8.55. The minimum Gasteiger partial charge on any atom is -0.388 e. The summed E-state index contributed by atoms with van der Waals surface area (Å²) in [5.41, 5.74) is -0.174. The van der Waals surface area contributed by atoms with Crippen LogP contribution in [0.1, 0.15) is 46.0 Å². The molecule has 0 radical (unpaired) electrons. The SMILES string of the molecule is CC1(C(=O)N2CCC(O)(Cn3cnc4c(cc(Cl)n4-c4ccccc4)c3=O)CC2)CC1.CCC1CNCCO1. The number of rotatable bonds is 5. The molecule has 3 aliphatic rings. The molecular formula is C29H38ClN5O4. The molecule has 2 aromatic heterocycles. The lowest BCUT2D eigenvalue weighted by atomic mass is 9.90. The van der Waals surface area contributed by atoms with Crippen molar-refractivity contribution in [2.75, 3.05) is 32.8 Å². The van der Waals surface area contributed by atoms with Gasteiger partial charge in [-0.3, -0.25) is 18.7 Å². The third-order valence-corrected chi connectivity index (χ3v) is 8.46. The number of amides is 1. The number of fused-ring (bicyclic) bond motifs is 1. The van der Waals surface area contributed by atoms with Gasteiger partial charge in [0.05, 0.1) is 30.2 Å². The van der Waals surface area contributed by atoms with Gasteiger partial charge >= 0.3 is 0 Å². The number of para-hydroxylation sites is 1. The summed E-state index contributed by atoms with van der Waals surface area (Å²) in [5.74, 6) is 0.187. The molecule has 6 rings (SSSR count). The number of hydrogen-bond donors (Lipinski definition) is 2. The molecule has 1 aliphatic carbocycles. The Kier molecular flexibility index (Phi) is 8.14. The summed E-state index contributed by atoms with van der Waals surface area (Å²) in [4.78, 5) is 32.0. The Balaban J connectivity index is 0.000000332. The van der Waals surface area contributed by atoms with Gasteiger partial charge in [0.1, 0.15) is 11.5 Å². The zero-order valence-corrected chi connectivity index (χ0v) is 23.5. The van der Waals surface area contributed by atoms with Crippen LogP contribution >= 0.6 is 11.6 Å². The topological polar surface area (TPSA) is 102 Å². The van der Waals surface area contributed by atoms with Crippen LogP contribution in [0.4, 0.5) is 0 Å². The number of likely N-dealkylation sites (tertiary alicyclic amines) is 1. The van der Waals surface area contributed by atoms with Crippen LogP contribution in [0.3, 0.4) is 0 Å². The zero-order chi connectivity index (χ0) is 27.6. The zero-order valence-electron chi connectivity index (χ0n) is 22.7. The first kappa shape index (κ1) is 27.8. The highest BCUT2D eigenvalue weighted by atomic mass is 35.5. The first-order chi connectivity index (χ1) is 18.7. The predicted molar refractivity (Wildman–Crippen MR) is 151 cm³/mol. The van der Waals surface area contributed by atoms with Crippen molar-refractivity contribution in [1.82, 2.24) is 24.3 Å². The monoisotopic (exact) mass is 555 g/mol. The molecule has 0 spiro atoms. The molecule has 4 heterocycles. The van der Waals surface area contributed by atoms with E-state index in [4.69, 9.17) is 16.3 Å². The second-order valence-corrected chi connectivity index (χ2v) is 11.6. The summed E-state index contributed by atoms with van der Waals surface area (Å²) in [6.07, 6.45) is 5.84. The quantitative estimate of drug-likeness (QED) is 0.500. The predicted octanol–water partition coefficient (Wildman–Crippen LogP) is 3.38. The van der Waals surface area contributed by atoms with Crippen LogP contribution in [0.2, 0.25) is 5.15 Å². The lowest BCUT2D eigenvalue weighted by molar-refractivity contribution is -0.141. The van der Waals surface area contributed by atoms with Crippen LogP contribution in [-0.2, 0) is 16.1 Å². The first-order valence-corrected chi connectivity index (χ1v) is 14.3. The largest absolute Gasteiger partial charge is 0.388 e. The number of benzene rings is 1. The highest BCUT2D eigenvalue weighted by Crippen LogP contribution is 2.47. The molecule has 2 N–H and O–H groups in total. The number of ether oxygens (including phenoxy) is 1. The summed E-state index contributed by atoms with van der Waals surface area (Å²) in [6.45, 7) is 8.26. The average molecular weight is 556 g/mol. The van der Waals surface area contributed by atoms with E-state index in [1.54, 1.807) is 10.6 Å². The molecule has 10 heteroatoms. The van der Waals surface area contributed by atoms with Gasteiger partial charge in [-0.05, 0) is 50.3 Å². The number of halogens is 1. The Bertz CT molecular complexity index is 1350. The van der Waals surface area contributed by atoms with Crippen molar-refractivity contribution >= 4 is 28.5 Å². The number of hydrogen-bond acceptors (Lipinski definition) is 6. The third kappa shape index (κ3) is 6.06. The highest BCUT2D eigenvalue weighted by Gasteiger charge is 2.48. The molecule has 1 atom stereocenters. The van der Waals surface area contributed by atoms with Gasteiger partial charge in [-0.25, -0.2) is 4.98 Å². The van der Waals surface area contributed by atoms with E-state index in [1.807, 2.05) is 42.2 Å². The fraction of sp³-hybridized carbons (Fsp3) is 0.552. The maximum Gasteiger partial charge on any atom is 0.262 e. The van der Waals surface area contributed by atoms with E-state index < -0.39 is 5.60 Å². The Morgan fingerprint density at radius 3 is 2.51 bits per heavy atom. The Labute approximate surface area is 233 Å². The maximum absolute atomic E-state index is 13.1. The second-order valence-electron chi connectivity index (χ2n) is 11.2. The number of aromatic nitrogens is 3. The molecule has 0 bridgehead atoms. The van der Waals surface area contributed by atoms with Gasteiger partial charge in [0.2, 0.25) is 5.91 Å². The molecule has 1 amide bonds. The summed E-state index contributed by atoms with van der Waals surface area (Å²) in [6, 6.07) is 11.1. The molecule has 210 valence electrons. The van der Waals surface area contributed by atoms with Crippen molar-refractivity contribution < 1.29 is 14.6 Å². The summed E-state index contributed by atoms with van der Waals surface area (Å²) in [5, 5.41) is 15.2. The van der Waals surface area contributed by atoms with Crippen molar-refractivity contribution in [1.29, 1.82) is 0 Å². The Morgan fingerprint density at radius 2 is 1.92 bits per heavy atom. The molecule has 9 nitrogen and oxygen atoms in total. The number of piperidine rings is 1. The number of aliphatic hydroxyl groups is 1. The lowest BCUT2D eigenvalue weighted by Gasteiger charge is -2.39. The molecule has 1 saturated carbocycles. The fourth-order valence-electron chi connectivity index (χ4n) is 5.29. The standard InChI is InChI=1S/C23H25ClN4O3.C6H13NO/c1-22(7-8-22)21(30)26-11-9-23(31,10-12-26)14-27-15-25-19-17(20(27)29)13-18(24)28(19)16-5-3-2-4-6-16;1-2-6-5-7-3-4-8-6/h2-6,13,15,31H,7-12,14H2,1H3;6-7H,2-5H2,1H3. The van der Waals surface area contributed by atoms with Gasteiger partial charge in [-0.2, -0.15) is 0 Å². The molecule has 3 fully saturated rings. The Morgan fingerprint density at radius 1 is 1.21 bits per heavy atom. The molecule has 2 aliphatic heterocycles. The van der Waals surface area contributed by atoms with E-state index in [9.17, 15) is 14.7 Å². The second kappa shape index (κ2) is 11.4. The van der Waals surface area contributed by atoms with E-state index in [-0.39, 0.29) is 23.4 Å². The summed E-state index contributed by atoms with van der Waals surface area (Å²) >= 11 is 6.42. The Hall–Kier alpha value is -2.72. The molecule has 3 aromatic rings. The number of nitrogens with zero attached hydrogens (tertiary/aromatic N) is 4. The normalized spacial score (nSPS) is 21.7. The van der Waals surface area contributed by atoms with Crippen LogP contribution in [0.25, 0.3) is 16.7 Å². The van der Waals surface area contributed by atoms with Gasteiger partial charge in [-0.15, -0.1) is 0 Å². The van der Waals surface area contributed by atoms with Crippen LogP contribution in [0.15, 0.2) is 47.5 Å². The molecule has 39 heavy (non-hydrogen) atoms. The number of nitrogens with one attached hydrogen (secondary N) is 1. The van der Waals surface area contributed by atoms with Crippen LogP contribution in [-0.4, -0.2) is 74.5 Å². The van der Waals surface area contributed by atoms with Crippen LogP contribution < -0.4 is 10.9 Å². The van der Waals surface area contributed by atoms with Gasteiger partial charge in [0.15, 0.2) is 5.65 Å². The minimum atomic E-state index is -1.05. The molecular weight excluding hydrogens is 518 g/mol. The van der Waals surface area contributed by atoms with E-state index in [1.165, 1.54) is 10.9 Å². The first-order valence-electron chi connectivity index (χ1n) is 13.9. The lowest BCUT2D eigenvalue weighted by Crippen LogP contribution is -2.51. The van der Waals surface area contributed by atoms with Crippen molar-refractivity contribution in [3.8, 4) is 5.69 Å². The number of morpholine rings is 1. The van der Waals surface area contributed by atoms with Gasteiger partial charge < -0.3 is 20.1 Å². The minimum absolute atomic E-state index is 0.141. The van der Waals surface area contributed by atoms with E-state index in [0.29, 0.717) is 48.2 Å². The number of carbonyl (C=O) groups excluding carboxylic acids is 1. The molecule has 2 saturated heterocycles. The third-order valence-electron chi connectivity index (χ3n) is 8.18. The fourth-order valence-corrected chi connectivity index (χ4v) is 5.57. The smallest absolute Gasteiger partial charge is 0.262 e. The van der Waals surface area contributed by atoms with Gasteiger partial charge in [0, 0.05) is 37.3 Å². The maximum atomic E-state index is 13.1. The van der Waals surface area contributed by atoms with E-state index >= 15 is 0 Å². The van der Waals surface area contributed by atoms with Gasteiger partial charge in [0.25, 0.3) is 5.56 Å². The number of carbonyl (C=O) groups is 1. The van der Waals surface area contributed by atoms with Crippen molar-refractivity contribution in [3.63, 3.8) is 0 Å². The highest BCUT2D eigenvalue weighted by molar-refractivity contribution is 6.31. The van der Waals surface area contributed by atoms with Crippen LogP contribution in [0.5, 0.6) is 0 Å². The van der Waals surface area contributed by atoms with Crippen molar-refractivity contribution in [2.45, 2.75) is 64.2 Å². The summed E-state index contributed by atoms with van der Waals surface area (Å²) in [7, 11) is 0. The molecule has 1 unspecified atom stereocenters. The van der Waals surface area contributed by atoms with Crippen molar-refractivity contribution in [2.24, 2.45) is 5.41 Å². The van der Waals surface area contributed by atoms with Crippen molar-refractivity contribution in [3.05, 3.63) is 58.2 Å². The van der Waals surface area contributed by atoms with Crippen LogP contribution in [0, 0.1) is 5.41 Å². The molecule has 1 aromatic carbocycles. The van der Waals surface area contributed by atoms with E-state index in [0.717, 1.165) is 44.6 Å². The average Bonchev–Trinajstić information content (AvgIpc) is 3.62. The van der Waals surface area contributed by atoms with E-state index in [2.05, 4.69) is 17.2 Å². The van der Waals surface area contributed by atoms with Gasteiger partial charge in [-0.1, -0.05) is 43.6 Å².